The lowest BCUT2D eigenvalue weighted by atomic mass is 10.2. The fourth-order valence-electron chi connectivity index (χ4n) is 2.16. The Labute approximate surface area is 133 Å². The normalized spacial score (nSPS) is 10.6. The zero-order valence-corrected chi connectivity index (χ0v) is 12.8. The number of amides is 1. The molecule has 0 atom stereocenters. The van der Waals surface area contributed by atoms with E-state index in [9.17, 15) is 4.79 Å². The highest BCUT2D eigenvalue weighted by atomic mass is 35.5. The minimum Gasteiger partial charge on any atom is -0.346 e. The summed E-state index contributed by atoms with van der Waals surface area (Å²) in [5.41, 5.74) is 3.82. The van der Waals surface area contributed by atoms with E-state index in [-0.39, 0.29) is 5.91 Å². The third-order valence-electron chi connectivity index (χ3n) is 3.37. The van der Waals surface area contributed by atoms with E-state index < -0.39 is 0 Å². The van der Waals surface area contributed by atoms with Crippen molar-refractivity contribution in [3.8, 4) is 0 Å². The van der Waals surface area contributed by atoms with Crippen LogP contribution >= 0.6 is 11.6 Å². The molecule has 0 unspecified atom stereocenters. The van der Waals surface area contributed by atoms with Gasteiger partial charge in [0.1, 0.15) is 0 Å². The van der Waals surface area contributed by atoms with Gasteiger partial charge in [-0.1, -0.05) is 23.7 Å². The smallest absolute Gasteiger partial charge is 0.251 e. The molecule has 4 nitrogen and oxygen atoms in total. The van der Waals surface area contributed by atoms with Crippen molar-refractivity contribution >= 4 is 28.5 Å². The number of para-hydroxylation sites is 2. The summed E-state index contributed by atoms with van der Waals surface area (Å²) >= 11 is 5.82. The number of aryl methyl sites for hydroxylation is 1. The lowest BCUT2D eigenvalue weighted by Gasteiger charge is -2.08. The second-order valence-corrected chi connectivity index (χ2v) is 5.37. The minimum atomic E-state index is -0.161. The van der Waals surface area contributed by atoms with E-state index in [2.05, 4.69) is 15.3 Å². The molecule has 0 aliphatic carbocycles. The van der Waals surface area contributed by atoms with Gasteiger partial charge in [-0.15, -0.1) is 0 Å². The molecule has 1 amide bonds. The first-order valence-corrected chi connectivity index (χ1v) is 7.27. The molecule has 1 N–H and O–H groups in total. The molecule has 0 radical (unpaired) electrons. The molecule has 1 heterocycles. The summed E-state index contributed by atoms with van der Waals surface area (Å²) in [7, 11) is 0. The highest BCUT2D eigenvalue weighted by Gasteiger charge is 2.08. The van der Waals surface area contributed by atoms with Gasteiger partial charge in [0.05, 0.1) is 29.0 Å². The van der Waals surface area contributed by atoms with Crippen molar-refractivity contribution in [2.24, 2.45) is 0 Å². The fourth-order valence-corrected chi connectivity index (χ4v) is 2.29. The SMILES string of the molecule is Cc1nc2ccccc2nc1CNC(=O)c1ccc(Cl)cc1. The van der Waals surface area contributed by atoms with Crippen LogP contribution in [0.4, 0.5) is 0 Å². The summed E-state index contributed by atoms with van der Waals surface area (Å²) in [5.74, 6) is -0.161. The van der Waals surface area contributed by atoms with Crippen LogP contribution in [-0.4, -0.2) is 15.9 Å². The van der Waals surface area contributed by atoms with Gasteiger partial charge >= 0.3 is 0 Å². The number of fused-ring (bicyclic) bond motifs is 1. The van der Waals surface area contributed by atoms with Gasteiger partial charge < -0.3 is 5.32 Å². The molecular formula is C17H14ClN3O. The zero-order chi connectivity index (χ0) is 15.5. The Kier molecular flexibility index (Phi) is 4.02. The second kappa shape index (κ2) is 6.12. The van der Waals surface area contributed by atoms with Crippen LogP contribution in [0, 0.1) is 6.92 Å². The Balaban J connectivity index is 1.77. The van der Waals surface area contributed by atoms with Crippen LogP contribution in [0.1, 0.15) is 21.7 Å². The molecule has 0 saturated heterocycles. The van der Waals surface area contributed by atoms with E-state index in [1.54, 1.807) is 24.3 Å². The monoisotopic (exact) mass is 311 g/mol. The van der Waals surface area contributed by atoms with E-state index in [1.807, 2.05) is 31.2 Å². The molecule has 2 aromatic carbocycles. The summed E-state index contributed by atoms with van der Waals surface area (Å²) in [4.78, 5) is 21.2. The van der Waals surface area contributed by atoms with Gasteiger partial charge in [-0.2, -0.15) is 0 Å². The molecule has 0 saturated carbocycles. The van der Waals surface area contributed by atoms with Crippen LogP contribution in [0.2, 0.25) is 5.02 Å². The topological polar surface area (TPSA) is 54.9 Å². The third kappa shape index (κ3) is 3.07. The molecule has 110 valence electrons. The van der Waals surface area contributed by atoms with Crippen LogP contribution in [0.3, 0.4) is 0 Å². The summed E-state index contributed by atoms with van der Waals surface area (Å²) in [5, 5.41) is 3.46. The van der Waals surface area contributed by atoms with Crippen molar-refractivity contribution in [1.29, 1.82) is 0 Å². The molecule has 0 aliphatic heterocycles. The summed E-state index contributed by atoms with van der Waals surface area (Å²) in [6.07, 6.45) is 0. The number of hydrogen-bond acceptors (Lipinski definition) is 3. The molecule has 0 bridgehead atoms. The van der Waals surface area contributed by atoms with Crippen molar-refractivity contribution in [3.05, 3.63) is 70.5 Å². The van der Waals surface area contributed by atoms with Crippen LogP contribution < -0.4 is 5.32 Å². The highest BCUT2D eigenvalue weighted by molar-refractivity contribution is 6.30. The number of halogens is 1. The predicted octanol–water partition coefficient (Wildman–Crippen LogP) is 3.52. The molecule has 3 rings (SSSR count). The maximum atomic E-state index is 12.1. The molecular weight excluding hydrogens is 298 g/mol. The van der Waals surface area contributed by atoms with Crippen molar-refractivity contribution < 1.29 is 4.79 Å². The standard InChI is InChI=1S/C17H14ClN3O/c1-11-16(21-15-5-3-2-4-14(15)20-11)10-19-17(22)12-6-8-13(18)9-7-12/h2-9H,10H2,1H3,(H,19,22). The van der Waals surface area contributed by atoms with E-state index in [4.69, 9.17) is 11.6 Å². The van der Waals surface area contributed by atoms with Crippen LogP contribution in [0.15, 0.2) is 48.5 Å². The second-order valence-electron chi connectivity index (χ2n) is 4.93. The largest absolute Gasteiger partial charge is 0.346 e. The summed E-state index contributed by atoms with van der Waals surface area (Å²) in [6, 6.07) is 14.4. The number of hydrogen-bond donors (Lipinski definition) is 1. The number of carbonyl (C=O) groups excluding carboxylic acids is 1. The van der Waals surface area contributed by atoms with Crippen molar-refractivity contribution in [2.45, 2.75) is 13.5 Å². The Morgan fingerprint density at radius 1 is 1.05 bits per heavy atom. The molecule has 1 aromatic heterocycles. The molecule has 5 heteroatoms. The first-order chi connectivity index (χ1) is 10.6. The number of nitrogens with zero attached hydrogens (tertiary/aromatic N) is 2. The number of aromatic nitrogens is 2. The fraction of sp³-hybridized carbons (Fsp3) is 0.118. The third-order valence-corrected chi connectivity index (χ3v) is 3.62. The molecule has 22 heavy (non-hydrogen) atoms. The lowest BCUT2D eigenvalue weighted by molar-refractivity contribution is 0.0950. The number of benzene rings is 2. The van der Waals surface area contributed by atoms with Gasteiger partial charge in [-0.25, -0.2) is 9.97 Å². The molecule has 0 fully saturated rings. The Morgan fingerprint density at radius 2 is 1.68 bits per heavy atom. The van der Waals surface area contributed by atoms with Crippen molar-refractivity contribution in [2.75, 3.05) is 0 Å². The first kappa shape index (κ1) is 14.5. The summed E-state index contributed by atoms with van der Waals surface area (Å²) < 4.78 is 0. The Hall–Kier alpha value is -2.46. The van der Waals surface area contributed by atoms with Crippen LogP contribution in [0.5, 0.6) is 0 Å². The van der Waals surface area contributed by atoms with E-state index in [1.165, 1.54) is 0 Å². The van der Waals surface area contributed by atoms with Gasteiger partial charge in [-0.05, 0) is 43.3 Å². The predicted molar refractivity (Wildman–Crippen MR) is 86.9 cm³/mol. The van der Waals surface area contributed by atoms with Gasteiger partial charge in [0.15, 0.2) is 0 Å². The molecule has 3 aromatic rings. The molecule has 0 spiro atoms. The Morgan fingerprint density at radius 3 is 2.36 bits per heavy atom. The quantitative estimate of drug-likeness (QED) is 0.805. The van der Waals surface area contributed by atoms with E-state index >= 15 is 0 Å². The number of carbonyl (C=O) groups is 1. The van der Waals surface area contributed by atoms with Gasteiger partial charge in [0.2, 0.25) is 0 Å². The average Bonchev–Trinajstić information content (AvgIpc) is 2.53. The Bertz CT molecular complexity index is 831. The first-order valence-electron chi connectivity index (χ1n) is 6.89. The molecule has 0 aliphatic rings. The highest BCUT2D eigenvalue weighted by Crippen LogP contribution is 2.13. The maximum Gasteiger partial charge on any atom is 0.251 e. The number of nitrogens with one attached hydrogen (secondary N) is 1. The summed E-state index contributed by atoms with van der Waals surface area (Å²) in [6.45, 7) is 2.23. The minimum absolute atomic E-state index is 0.161. The van der Waals surface area contributed by atoms with Crippen LogP contribution in [0.25, 0.3) is 11.0 Å². The number of rotatable bonds is 3. The van der Waals surface area contributed by atoms with Crippen LogP contribution in [-0.2, 0) is 6.54 Å². The van der Waals surface area contributed by atoms with Crippen molar-refractivity contribution in [3.63, 3.8) is 0 Å². The van der Waals surface area contributed by atoms with Gasteiger partial charge in [0, 0.05) is 10.6 Å². The van der Waals surface area contributed by atoms with E-state index in [0.717, 1.165) is 22.4 Å². The van der Waals surface area contributed by atoms with Crippen molar-refractivity contribution in [1.82, 2.24) is 15.3 Å². The lowest BCUT2D eigenvalue weighted by Crippen LogP contribution is -2.24. The zero-order valence-electron chi connectivity index (χ0n) is 12.0. The van der Waals surface area contributed by atoms with E-state index in [0.29, 0.717) is 17.1 Å². The van der Waals surface area contributed by atoms with Gasteiger partial charge in [0.25, 0.3) is 5.91 Å². The van der Waals surface area contributed by atoms with Gasteiger partial charge in [-0.3, -0.25) is 4.79 Å². The average molecular weight is 312 g/mol. The maximum absolute atomic E-state index is 12.1.